The lowest BCUT2D eigenvalue weighted by Crippen LogP contribution is -2.45. The van der Waals surface area contributed by atoms with Crippen LogP contribution in [0.2, 0.25) is 0 Å². The number of carbonyl (C=O) groups excluding carboxylic acids is 2. The van der Waals surface area contributed by atoms with E-state index in [9.17, 15) is 29.9 Å². The summed E-state index contributed by atoms with van der Waals surface area (Å²) in [6.07, 6.45) is 1.50. The minimum Gasteiger partial charge on any atom is -0.503 e. The van der Waals surface area contributed by atoms with Crippen molar-refractivity contribution in [2.75, 3.05) is 13.7 Å². The third-order valence-corrected chi connectivity index (χ3v) is 7.71. The fourth-order valence-corrected chi connectivity index (χ4v) is 6.25. The molecule has 2 N–H and O–H groups in total. The van der Waals surface area contributed by atoms with E-state index in [2.05, 4.69) is 0 Å². The molecule has 1 heterocycles. The van der Waals surface area contributed by atoms with Crippen molar-refractivity contribution < 1.29 is 29.3 Å². The minimum atomic E-state index is -1.04. The van der Waals surface area contributed by atoms with E-state index in [0.717, 1.165) is 11.8 Å². The maximum atomic E-state index is 13.7. The van der Waals surface area contributed by atoms with Gasteiger partial charge in [-0.05, 0) is 53.1 Å². The summed E-state index contributed by atoms with van der Waals surface area (Å²) < 4.78 is 5.37. The second-order valence-electron chi connectivity index (χ2n) is 11.3. The van der Waals surface area contributed by atoms with Crippen LogP contribution in [0.4, 0.5) is 0 Å². The van der Waals surface area contributed by atoms with E-state index >= 15 is 0 Å². The number of thiocyanates is 1. The number of carbonyl (C=O) groups is 3. The van der Waals surface area contributed by atoms with Gasteiger partial charge in [-0.3, -0.25) is 14.4 Å². The molecule has 0 saturated carbocycles. The molecule has 0 amide bonds. The van der Waals surface area contributed by atoms with E-state index in [1.54, 1.807) is 17.0 Å². The number of phenolic OH excluding ortho intramolecular Hbond substituents is 1. The van der Waals surface area contributed by atoms with E-state index in [0.29, 0.717) is 40.9 Å². The summed E-state index contributed by atoms with van der Waals surface area (Å²) in [6.45, 7) is 7.58. The number of nitrogens with zero attached hydrogens (tertiary/aromatic N) is 2. The summed E-state index contributed by atoms with van der Waals surface area (Å²) in [5, 5.41) is 31.6. The quantitative estimate of drug-likeness (QED) is 0.426. The number of carboxylic acids is 1. The zero-order valence-electron chi connectivity index (χ0n) is 21.1. The van der Waals surface area contributed by atoms with E-state index in [4.69, 9.17) is 4.74 Å². The lowest BCUT2D eigenvalue weighted by Gasteiger charge is -2.48. The van der Waals surface area contributed by atoms with Crippen LogP contribution in [0.1, 0.15) is 64.9 Å². The Morgan fingerprint density at radius 1 is 1.08 bits per heavy atom. The predicted molar refractivity (Wildman–Crippen MR) is 133 cm³/mol. The fourth-order valence-electron chi connectivity index (χ4n) is 5.76. The molecular formula is C27H30N2O6S. The molecule has 0 spiro atoms. The van der Waals surface area contributed by atoms with Crippen molar-refractivity contribution in [1.82, 2.24) is 4.90 Å². The van der Waals surface area contributed by atoms with E-state index in [1.807, 2.05) is 33.1 Å². The van der Waals surface area contributed by atoms with Gasteiger partial charge in [-0.1, -0.05) is 27.7 Å². The SMILES string of the molecule is COc1cc(C2C3=C(CC(C)(C)CC3=O)N(CC(=O)O)C3=C2C(=O)CC(C)(C)C3)cc(SC#N)c1O. The van der Waals surface area contributed by atoms with Crippen LogP contribution >= 0.6 is 11.8 Å². The Morgan fingerprint density at radius 2 is 1.61 bits per heavy atom. The average Bonchev–Trinajstić information content (AvgIpc) is 2.74. The van der Waals surface area contributed by atoms with Crippen molar-refractivity contribution in [3.63, 3.8) is 0 Å². The lowest BCUT2D eigenvalue weighted by molar-refractivity contribution is -0.138. The minimum absolute atomic E-state index is 0.132. The van der Waals surface area contributed by atoms with Crippen LogP contribution in [-0.4, -0.2) is 46.3 Å². The third kappa shape index (κ3) is 4.50. The van der Waals surface area contributed by atoms with Crippen LogP contribution in [0.5, 0.6) is 11.5 Å². The Balaban J connectivity index is 2.06. The first-order valence-corrected chi connectivity index (χ1v) is 12.6. The van der Waals surface area contributed by atoms with Crippen LogP contribution < -0.4 is 4.74 Å². The largest absolute Gasteiger partial charge is 0.503 e. The molecule has 0 saturated heterocycles. The van der Waals surface area contributed by atoms with Gasteiger partial charge in [0, 0.05) is 41.3 Å². The van der Waals surface area contributed by atoms with E-state index in [1.165, 1.54) is 7.11 Å². The van der Waals surface area contributed by atoms with Gasteiger partial charge in [0.1, 0.15) is 11.9 Å². The molecule has 0 unspecified atom stereocenters. The topological polar surface area (TPSA) is 128 Å². The number of Topliss-reactive ketones (excluding diaryl/α,β-unsaturated/α-hetero) is 2. The van der Waals surface area contributed by atoms with Crippen molar-refractivity contribution in [2.45, 2.75) is 64.2 Å². The number of phenols is 1. The highest BCUT2D eigenvalue weighted by molar-refractivity contribution is 8.03. The van der Waals surface area contributed by atoms with Gasteiger partial charge < -0.3 is 19.8 Å². The predicted octanol–water partition coefficient (Wildman–Crippen LogP) is 4.74. The van der Waals surface area contributed by atoms with Gasteiger partial charge in [0.25, 0.3) is 0 Å². The van der Waals surface area contributed by atoms with Gasteiger partial charge >= 0.3 is 5.97 Å². The Kier molecular flexibility index (Phi) is 6.46. The Morgan fingerprint density at radius 3 is 2.06 bits per heavy atom. The molecule has 8 nitrogen and oxygen atoms in total. The first-order valence-electron chi connectivity index (χ1n) is 11.8. The first-order chi connectivity index (χ1) is 16.8. The van der Waals surface area contributed by atoms with Crippen molar-refractivity contribution in [3.05, 3.63) is 40.2 Å². The molecule has 0 atom stereocenters. The summed E-state index contributed by atoms with van der Waals surface area (Å²) in [7, 11) is 1.40. The normalized spacial score (nSPS) is 21.2. The fraction of sp³-hybridized carbons (Fsp3) is 0.481. The molecule has 2 aliphatic carbocycles. The van der Waals surface area contributed by atoms with Crippen molar-refractivity contribution >= 4 is 29.3 Å². The number of hydrogen-bond acceptors (Lipinski definition) is 8. The molecule has 3 aliphatic rings. The summed E-state index contributed by atoms with van der Waals surface area (Å²) in [5.41, 5.74) is 1.91. The molecule has 36 heavy (non-hydrogen) atoms. The van der Waals surface area contributed by atoms with Gasteiger partial charge in [-0.25, -0.2) is 0 Å². The summed E-state index contributed by atoms with van der Waals surface area (Å²) in [4.78, 5) is 41.3. The van der Waals surface area contributed by atoms with Crippen molar-refractivity contribution in [2.24, 2.45) is 10.8 Å². The maximum absolute atomic E-state index is 13.7. The highest BCUT2D eigenvalue weighted by Gasteiger charge is 2.49. The second-order valence-corrected chi connectivity index (χ2v) is 12.1. The molecule has 1 aromatic rings. The molecule has 0 fully saturated rings. The highest BCUT2D eigenvalue weighted by atomic mass is 32.2. The standard InChI is InChI=1S/C27H30N2O6S/c1-26(2)8-15-23(17(30)10-26)22(14-6-19(35-5)25(34)20(7-14)36-13-28)24-16(29(15)12-21(32)33)9-27(3,4)11-18(24)31/h6-7,22,34H,8-12H2,1-5H3,(H,32,33). The highest BCUT2D eigenvalue weighted by Crippen LogP contribution is 2.55. The van der Waals surface area contributed by atoms with Crippen LogP contribution in [-0.2, 0) is 14.4 Å². The smallest absolute Gasteiger partial charge is 0.323 e. The van der Waals surface area contributed by atoms with Gasteiger partial charge in [-0.2, -0.15) is 5.26 Å². The zero-order chi connectivity index (χ0) is 26.6. The number of hydrogen-bond donors (Lipinski definition) is 2. The number of methoxy groups -OCH3 is 1. The molecule has 1 aliphatic heterocycles. The Labute approximate surface area is 214 Å². The number of aliphatic carboxylic acids is 1. The number of aromatic hydroxyl groups is 1. The lowest BCUT2D eigenvalue weighted by atomic mass is 9.63. The van der Waals surface area contributed by atoms with Crippen molar-refractivity contribution in [3.8, 4) is 16.9 Å². The zero-order valence-corrected chi connectivity index (χ0v) is 21.9. The van der Waals surface area contributed by atoms with Gasteiger partial charge in [-0.15, -0.1) is 0 Å². The third-order valence-electron chi connectivity index (χ3n) is 7.09. The Bertz CT molecular complexity index is 1230. The first kappa shape index (κ1) is 25.8. The van der Waals surface area contributed by atoms with Crippen LogP contribution in [0.15, 0.2) is 39.6 Å². The number of rotatable bonds is 5. The van der Waals surface area contributed by atoms with Gasteiger partial charge in [0.2, 0.25) is 0 Å². The number of ketones is 2. The summed E-state index contributed by atoms with van der Waals surface area (Å²) in [5.74, 6) is -2.10. The van der Waals surface area contributed by atoms with E-state index in [-0.39, 0.29) is 58.2 Å². The Hall–Kier alpha value is -3.25. The van der Waals surface area contributed by atoms with Crippen molar-refractivity contribution in [1.29, 1.82) is 5.26 Å². The molecule has 0 radical (unpaired) electrons. The average molecular weight is 511 g/mol. The molecule has 0 aromatic heterocycles. The molecule has 1 aromatic carbocycles. The molecule has 190 valence electrons. The van der Waals surface area contributed by atoms with E-state index < -0.39 is 11.9 Å². The molecule has 9 heteroatoms. The number of benzene rings is 1. The number of ether oxygens (including phenoxy) is 1. The second kappa shape index (κ2) is 9.00. The number of nitriles is 1. The number of carboxylic acid groups (broad SMARTS) is 1. The van der Waals surface area contributed by atoms with Gasteiger partial charge in [0.05, 0.1) is 12.0 Å². The van der Waals surface area contributed by atoms with Crippen LogP contribution in [0.25, 0.3) is 0 Å². The molecule has 4 rings (SSSR count). The monoisotopic (exact) mass is 510 g/mol. The maximum Gasteiger partial charge on any atom is 0.323 e. The van der Waals surface area contributed by atoms with Crippen LogP contribution in [0.3, 0.4) is 0 Å². The molecular weight excluding hydrogens is 480 g/mol. The summed E-state index contributed by atoms with van der Waals surface area (Å²) in [6, 6.07) is 3.22. The molecule has 0 bridgehead atoms. The number of thioether (sulfide) groups is 1. The van der Waals surface area contributed by atoms with Crippen LogP contribution in [0, 0.1) is 21.5 Å². The van der Waals surface area contributed by atoms with Gasteiger partial charge in [0.15, 0.2) is 23.1 Å². The number of allylic oxidation sites excluding steroid dienone is 4. The summed E-state index contributed by atoms with van der Waals surface area (Å²) >= 11 is 0.764.